The van der Waals surface area contributed by atoms with Gasteiger partial charge in [0.25, 0.3) is 0 Å². The van der Waals surface area contributed by atoms with Crippen LogP contribution >= 0.6 is 0 Å². The maximum atomic E-state index is 9.64. The van der Waals surface area contributed by atoms with Crippen molar-refractivity contribution in [3.63, 3.8) is 0 Å². The molecule has 0 fully saturated rings. The van der Waals surface area contributed by atoms with Gasteiger partial charge in [0.1, 0.15) is 11.6 Å². The number of nitrogens with two attached hydrogens (primary N) is 1. The molecule has 0 spiro atoms. The largest absolute Gasteiger partial charge is 0.506 e. The maximum Gasteiger partial charge on any atom is 0.139 e. The third-order valence-electron chi connectivity index (χ3n) is 2.22. The summed E-state index contributed by atoms with van der Waals surface area (Å²) < 4.78 is 0. The minimum Gasteiger partial charge on any atom is -0.506 e. The number of nitrogen functional groups attached to an aromatic ring is 1. The van der Waals surface area contributed by atoms with Crippen molar-refractivity contribution >= 4 is 17.2 Å². The molecule has 0 amide bonds. The number of phenolic OH excluding ortho intramolecular Hbond substituents is 1. The third kappa shape index (κ3) is 2.23. The summed E-state index contributed by atoms with van der Waals surface area (Å²) in [6, 6.07) is 8.88. The Bertz CT molecular complexity index is 494. The van der Waals surface area contributed by atoms with Crippen molar-refractivity contribution in [2.45, 2.75) is 6.92 Å². The number of rotatable bonds is 2. The van der Waals surface area contributed by atoms with E-state index in [0.29, 0.717) is 11.5 Å². The molecule has 16 heavy (non-hydrogen) atoms. The van der Waals surface area contributed by atoms with Crippen molar-refractivity contribution in [3.05, 3.63) is 42.1 Å². The zero-order chi connectivity index (χ0) is 11.5. The fraction of sp³-hybridized carbons (Fsp3) is 0.0833. The molecule has 0 bridgehead atoms. The molecule has 1 aromatic carbocycles. The Balaban J connectivity index is 2.26. The Kier molecular flexibility index (Phi) is 2.64. The molecule has 0 atom stereocenters. The van der Waals surface area contributed by atoms with E-state index in [9.17, 15) is 5.11 Å². The number of hydrogen-bond donors (Lipinski definition) is 3. The molecule has 0 radical (unpaired) electrons. The van der Waals surface area contributed by atoms with E-state index < -0.39 is 0 Å². The summed E-state index contributed by atoms with van der Waals surface area (Å²) in [5.41, 5.74) is 8.00. The highest BCUT2D eigenvalue weighted by Crippen LogP contribution is 2.27. The predicted octanol–water partition coefficient (Wildman–Crippen LogP) is 2.42. The molecule has 4 nitrogen and oxygen atoms in total. The van der Waals surface area contributed by atoms with E-state index in [1.165, 1.54) is 0 Å². The van der Waals surface area contributed by atoms with Gasteiger partial charge in [-0.3, -0.25) is 0 Å². The van der Waals surface area contributed by atoms with Crippen LogP contribution in [0.1, 0.15) is 5.56 Å². The van der Waals surface area contributed by atoms with Crippen molar-refractivity contribution in [2.75, 3.05) is 11.1 Å². The Morgan fingerprint density at radius 3 is 2.75 bits per heavy atom. The average molecular weight is 215 g/mol. The number of anilines is 3. The summed E-state index contributed by atoms with van der Waals surface area (Å²) in [4.78, 5) is 3.96. The zero-order valence-electron chi connectivity index (χ0n) is 8.94. The average Bonchev–Trinajstić information content (AvgIpc) is 2.27. The molecule has 0 aliphatic carbocycles. The maximum absolute atomic E-state index is 9.64. The topological polar surface area (TPSA) is 71.2 Å². The van der Waals surface area contributed by atoms with Crippen molar-refractivity contribution in [2.24, 2.45) is 0 Å². The smallest absolute Gasteiger partial charge is 0.139 e. The van der Waals surface area contributed by atoms with Crippen LogP contribution in [0.4, 0.5) is 17.2 Å². The summed E-state index contributed by atoms with van der Waals surface area (Å²) in [7, 11) is 0. The van der Waals surface area contributed by atoms with Crippen LogP contribution in [0.3, 0.4) is 0 Å². The van der Waals surface area contributed by atoms with Crippen LogP contribution in [0.5, 0.6) is 5.75 Å². The van der Waals surface area contributed by atoms with Gasteiger partial charge in [-0.15, -0.1) is 0 Å². The normalized spacial score (nSPS) is 10.1. The lowest BCUT2D eigenvalue weighted by molar-refractivity contribution is 0.477. The summed E-state index contributed by atoms with van der Waals surface area (Å²) >= 11 is 0. The first-order valence-electron chi connectivity index (χ1n) is 4.93. The van der Waals surface area contributed by atoms with Crippen molar-refractivity contribution in [1.82, 2.24) is 4.98 Å². The highest BCUT2D eigenvalue weighted by Gasteiger charge is 2.01. The molecule has 0 aliphatic heterocycles. The van der Waals surface area contributed by atoms with E-state index in [-0.39, 0.29) is 5.75 Å². The summed E-state index contributed by atoms with van der Waals surface area (Å²) in [6.45, 7) is 1.96. The highest BCUT2D eigenvalue weighted by molar-refractivity contribution is 5.66. The molecule has 82 valence electrons. The SMILES string of the molecule is Cc1ccc(O)c(Nc2ccc(N)nc2)c1. The van der Waals surface area contributed by atoms with Crippen LogP contribution < -0.4 is 11.1 Å². The number of nitrogens with zero attached hydrogens (tertiary/aromatic N) is 1. The van der Waals surface area contributed by atoms with Crippen LogP contribution in [0.25, 0.3) is 0 Å². The van der Waals surface area contributed by atoms with Crippen LogP contribution in [0.15, 0.2) is 36.5 Å². The number of pyridine rings is 1. The first kappa shape index (κ1) is 10.3. The monoisotopic (exact) mass is 215 g/mol. The van der Waals surface area contributed by atoms with Crippen LogP contribution in [-0.2, 0) is 0 Å². The molecular weight excluding hydrogens is 202 g/mol. The Labute approximate surface area is 93.8 Å². The second-order valence-electron chi connectivity index (χ2n) is 3.62. The van der Waals surface area contributed by atoms with E-state index >= 15 is 0 Å². The molecule has 2 rings (SSSR count). The number of nitrogens with one attached hydrogen (secondary N) is 1. The molecule has 0 aliphatic rings. The predicted molar refractivity (Wildman–Crippen MR) is 64.8 cm³/mol. The number of benzene rings is 1. The minimum atomic E-state index is 0.211. The molecule has 4 N–H and O–H groups in total. The number of aromatic nitrogens is 1. The lowest BCUT2D eigenvalue weighted by Gasteiger charge is -2.08. The molecular formula is C12H13N3O. The second-order valence-corrected chi connectivity index (χ2v) is 3.62. The first-order chi connectivity index (χ1) is 7.65. The molecule has 0 unspecified atom stereocenters. The van der Waals surface area contributed by atoms with Gasteiger partial charge in [-0.2, -0.15) is 0 Å². The summed E-state index contributed by atoms with van der Waals surface area (Å²) in [6.07, 6.45) is 1.62. The van der Waals surface area contributed by atoms with Gasteiger partial charge < -0.3 is 16.2 Å². The van der Waals surface area contributed by atoms with Gasteiger partial charge in [-0.25, -0.2) is 4.98 Å². The van der Waals surface area contributed by atoms with Crippen molar-refractivity contribution < 1.29 is 5.11 Å². The summed E-state index contributed by atoms with van der Waals surface area (Å²) in [5, 5.41) is 12.7. The fourth-order valence-corrected chi connectivity index (χ4v) is 1.38. The number of phenols is 1. The van der Waals surface area contributed by atoms with Crippen LogP contribution in [0, 0.1) is 6.92 Å². The number of hydrogen-bond acceptors (Lipinski definition) is 4. The highest BCUT2D eigenvalue weighted by atomic mass is 16.3. The van der Waals surface area contributed by atoms with E-state index in [4.69, 9.17) is 5.73 Å². The third-order valence-corrected chi connectivity index (χ3v) is 2.22. The van der Waals surface area contributed by atoms with Gasteiger partial charge in [0.2, 0.25) is 0 Å². The van der Waals surface area contributed by atoms with Crippen LogP contribution in [-0.4, -0.2) is 10.1 Å². The number of aromatic hydroxyl groups is 1. The minimum absolute atomic E-state index is 0.211. The Morgan fingerprint density at radius 2 is 2.06 bits per heavy atom. The van der Waals surface area contributed by atoms with Crippen molar-refractivity contribution in [1.29, 1.82) is 0 Å². The van der Waals surface area contributed by atoms with Gasteiger partial charge >= 0.3 is 0 Å². The Morgan fingerprint density at radius 1 is 1.25 bits per heavy atom. The molecule has 4 heteroatoms. The van der Waals surface area contributed by atoms with Gasteiger partial charge in [0.15, 0.2) is 0 Å². The lowest BCUT2D eigenvalue weighted by Crippen LogP contribution is -1.94. The van der Waals surface area contributed by atoms with E-state index in [1.807, 2.05) is 25.1 Å². The zero-order valence-corrected chi connectivity index (χ0v) is 8.94. The molecule has 1 heterocycles. The molecule has 0 saturated heterocycles. The van der Waals surface area contributed by atoms with Gasteiger partial charge in [-0.05, 0) is 36.8 Å². The van der Waals surface area contributed by atoms with E-state index in [0.717, 1.165) is 11.3 Å². The van der Waals surface area contributed by atoms with E-state index in [2.05, 4.69) is 10.3 Å². The second kappa shape index (κ2) is 4.10. The quantitative estimate of drug-likeness (QED) is 0.673. The lowest BCUT2D eigenvalue weighted by atomic mass is 10.2. The van der Waals surface area contributed by atoms with Crippen LogP contribution in [0.2, 0.25) is 0 Å². The Hall–Kier alpha value is -2.23. The molecule has 0 saturated carbocycles. The fourth-order valence-electron chi connectivity index (χ4n) is 1.38. The van der Waals surface area contributed by atoms with Gasteiger partial charge in [0.05, 0.1) is 17.6 Å². The summed E-state index contributed by atoms with van der Waals surface area (Å²) in [5.74, 6) is 0.682. The van der Waals surface area contributed by atoms with E-state index in [1.54, 1.807) is 18.3 Å². The van der Waals surface area contributed by atoms with Crippen molar-refractivity contribution in [3.8, 4) is 5.75 Å². The molecule has 2 aromatic rings. The standard InChI is InChI=1S/C12H13N3O/c1-8-2-4-11(16)10(6-8)15-9-3-5-12(13)14-7-9/h2-7,15-16H,1H3,(H2,13,14). The van der Waals surface area contributed by atoms with Gasteiger partial charge in [-0.1, -0.05) is 6.07 Å². The molecule has 1 aromatic heterocycles. The van der Waals surface area contributed by atoms with Gasteiger partial charge in [0, 0.05) is 0 Å². The first-order valence-corrected chi connectivity index (χ1v) is 4.93. The number of aryl methyl sites for hydroxylation is 1.